The highest BCUT2D eigenvalue weighted by molar-refractivity contribution is 5.82. The van der Waals surface area contributed by atoms with Gasteiger partial charge in [0.05, 0.1) is 18.1 Å². The molecule has 10 nitrogen and oxygen atoms in total. The number of carbonyl (C=O) groups excluding carboxylic acids is 3. The van der Waals surface area contributed by atoms with Gasteiger partial charge in [-0.05, 0) is 89.8 Å². The van der Waals surface area contributed by atoms with Gasteiger partial charge in [-0.2, -0.15) is 0 Å². The molecule has 1 aromatic rings. The summed E-state index contributed by atoms with van der Waals surface area (Å²) in [7, 11) is 1.57. The second-order valence-corrected chi connectivity index (χ2v) is 12.4. The lowest BCUT2D eigenvalue weighted by Crippen LogP contribution is -2.69. The fraction of sp³-hybridized carbons (Fsp3) is 0.633. The van der Waals surface area contributed by atoms with Crippen LogP contribution in [0.3, 0.4) is 0 Å². The van der Waals surface area contributed by atoms with E-state index >= 15 is 0 Å². The van der Waals surface area contributed by atoms with Gasteiger partial charge in [0, 0.05) is 5.56 Å². The number of methoxy groups -OCH3 is 1. The number of benzene rings is 1. The first-order chi connectivity index (χ1) is 18.7. The zero-order valence-electron chi connectivity index (χ0n) is 24.1. The van der Waals surface area contributed by atoms with E-state index in [4.69, 9.17) is 28.4 Å². The molecule has 0 radical (unpaired) electrons. The molecule has 3 aliphatic carbocycles. The minimum Gasteiger partial charge on any atom is -0.493 e. The predicted octanol–water partition coefficient (Wildman–Crippen LogP) is 4.13. The lowest BCUT2D eigenvalue weighted by Gasteiger charge is -2.61. The van der Waals surface area contributed by atoms with Crippen molar-refractivity contribution in [2.45, 2.75) is 102 Å². The summed E-state index contributed by atoms with van der Waals surface area (Å²) >= 11 is 0. The van der Waals surface area contributed by atoms with Crippen molar-refractivity contribution in [2.24, 2.45) is 11.8 Å². The van der Waals surface area contributed by atoms with E-state index < -0.39 is 53.0 Å². The molecule has 1 aliphatic heterocycles. The van der Waals surface area contributed by atoms with E-state index in [9.17, 15) is 19.5 Å². The zero-order valence-corrected chi connectivity index (χ0v) is 24.1. The molecule has 0 amide bonds. The minimum absolute atomic E-state index is 0.0269. The van der Waals surface area contributed by atoms with Crippen molar-refractivity contribution >= 4 is 18.1 Å². The average molecular weight is 559 g/mol. The summed E-state index contributed by atoms with van der Waals surface area (Å²) in [6.45, 7) is 9.88. The van der Waals surface area contributed by atoms with Gasteiger partial charge < -0.3 is 33.5 Å². The predicted molar refractivity (Wildman–Crippen MR) is 141 cm³/mol. The van der Waals surface area contributed by atoms with Crippen LogP contribution in [0.1, 0.15) is 71.9 Å². The molecule has 5 rings (SSSR count). The highest BCUT2D eigenvalue weighted by atomic mass is 16.7. The van der Waals surface area contributed by atoms with Crippen LogP contribution >= 0.6 is 0 Å². The van der Waals surface area contributed by atoms with E-state index in [0.717, 1.165) is 24.0 Å². The van der Waals surface area contributed by atoms with Crippen LogP contribution in [0.25, 0.3) is 0 Å². The number of aliphatic hydroxyl groups is 1. The lowest BCUT2D eigenvalue weighted by atomic mass is 9.45. The zero-order chi connectivity index (χ0) is 29.2. The van der Waals surface area contributed by atoms with E-state index in [-0.39, 0.29) is 11.7 Å². The van der Waals surface area contributed by atoms with E-state index in [0.29, 0.717) is 30.3 Å². The van der Waals surface area contributed by atoms with E-state index in [1.807, 2.05) is 12.1 Å². The SMILES string of the molecule is COc1ccc2c3c1O[C@H]1C(OC(=O)[C@H](C)OC(=O)[C@H](C)OC(=O)OC(C)(C)C)=CC[C@@]4(O)[C@@H](C2)C(C)CC[C@]314. The van der Waals surface area contributed by atoms with E-state index in [1.165, 1.54) is 13.8 Å². The quantitative estimate of drug-likeness (QED) is 0.402. The Morgan fingerprint density at radius 3 is 2.48 bits per heavy atom. The first-order valence-corrected chi connectivity index (χ1v) is 13.8. The van der Waals surface area contributed by atoms with Crippen LogP contribution in [0.5, 0.6) is 11.5 Å². The Morgan fingerprint density at radius 2 is 1.80 bits per heavy atom. The molecule has 0 saturated heterocycles. The molecule has 7 atom stereocenters. The van der Waals surface area contributed by atoms with Crippen molar-refractivity contribution in [1.82, 2.24) is 0 Å². The molecular formula is C30H38O10. The monoisotopic (exact) mass is 558 g/mol. The third-order valence-corrected chi connectivity index (χ3v) is 8.77. The van der Waals surface area contributed by atoms with Gasteiger partial charge in [0.1, 0.15) is 11.4 Å². The average Bonchev–Trinajstić information content (AvgIpc) is 3.22. The molecular weight excluding hydrogens is 520 g/mol. The van der Waals surface area contributed by atoms with Crippen LogP contribution in [0.2, 0.25) is 0 Å². The smallest absolute Gasteiger partial charge is 0.493 e. The normalized spacial score (nSPS) is 31.0. The van der Waals surface area contributed by atoms with Gasteiger partial charge in [-0.25, -0.2) is 14.4 Å². The molecule has 1 spiro atoms. The molecule has 218 valence electrons. The molecule has 1 unspecified atom stereocenters. The fourth-order valence-electron chi connectivity index (χ4n) is 6.95. The number of ether oxygens (including phenoxy) is 6. The first kappa shape index (κ1) is 28.3. The maximum absolute atomic E-state index is 13.1. The van der Waals surface area contributed by atoms with Crippen molar-refractivity contribution in [3.63, 3.8) is 0 Å². The molecule has 4 aliphatic rings. The van der Waals surface area contributed by atoms with Crippen LogP contribution in [-0.4, -0.2) is 59.8 Å². The summed E-state index contributed by atoms with van der Waals surface area (Å²) in [6.07, 6.45) is -0.0365. The van der Waals surface area contributed by atoms with Gasteiger partial charge in [0.15, 0.2) is 29.8 Å². The van der Waals surface area contributed by atoms with Crippen molar-refractivity contribution in [3.05, 3.63) is 35.1 Å². The Labute approximate surface area is 233 Å². The third-order valence-electron chi connectivity index (χ3n) is 8.77. The minimum atomic E-state index is -1.30. The van der Waals surface area contributed by atoms with Gasteiger partial charge in [-0.1, -0.05) is 13.0 Å². The van der Waals surface area contributed by atoms with Crippen molar-refractivity contribution in [2.75, 3.05) is 7.11 Å². The summed E-state index contributed by atoms with van der Waals surface area (Å²) in [6, 6.07) is 3.92. The summed E-state index contributed by atoms with van der Waals surface area (Å²) < 4.78 is 33.2. The second-order valence-electron chi connectivity index (χ2n) is 12.4. The number of carbonyl (C=O) groups is 3. The van der Waals surface area contributed by atoms with Crippen LogP contribution in [0, 0.1) is 11.8 Å². The Morgan fingerprint density at radius 1 is 1.10 bits per heavy atom. The number of hydrogen-bond donors (Lipinski definition) is 1. The number of esters is 2. The second kappa shape index (κ2) is 9.68. The molecule has 1 saturated carbocycles. The maximum atomic E-state index is 13.1. The lowest BCUT2D eigenvalue weighted by molar-refractivity contribution is -0.178. The van der Waals surface area contributed by atoms with Crippen molar-refractivity contribution in [1.29, 1.82) is 0 Å². The van der Waals surface area contributed by atoms with Gasteiger partial charge in [-0.15, -0.1) is 0 Å². The largest absolute Gasteiger partial charge is 0.509 e. The van der Waals surface area contributed by atoms with Gasteiger partial charge in [-0.3, -0.25) is 0 Å². The molecule has 1 N–H and O–H groups in total. The van der Waals surface area contributed by atoms with E-state index in [1.54, 1.807) is 34.0 Å². The van der Waals surface area contributed by atoms with Crippen LogP contribution in [-0.2, 0) is 40.4 Å². The summed E-state index contributed by atoms with van der Waals surface area (Å²) in [5.74, 6) is 0.0265. The van der Waals surface area contributed by atoms with Crippen LogP contribution < -0.4 is 9.47 Å². The molecule has 40 heavy (non-hydrogen) atoms. The molecule has 1 fully saturated rings. The highest BCUT2D eigenvalue weighted by Gasteiger charge is 2.72. The van der Waals surface area contributed by atoms with Crippen LogP contribution in [0.15, 0.2) is 24.0 Å². The standard InChI is InChI=1S/C30H38O10/c1-15-10-12-29-22-18-8-9-20(35-7)23(22)39-24(29)21(11-13-30(29,34)19(15)14-18)38-26(32)16(2)36-25(31)17(3)37-27(33)40-28(4,5)6/h8-9,11,15-17,19,24,34H,10,12-14H2,1-7H3/t15?,16-,17-,19-,24-,29-,30+/m0/s1. The Kier molecular flexibility index (Phi) is 6.84. The molecule has 1 heterocycles. The molecule has 2 bridgehead atoms. The number of rotatable bonds is 6. The Hall–Kier alpha value is -3.27. The van der Waals surface area contributed by atoms with Crippen molar-refractivity contribution < 1.29 is 47.9 Å². The summed E-state index contributed by atoms with van der Waals surface area (Å²) in [5.41, 5.74) is -0.590. The Balaban J connectivity index is 1.35. The highest BCUT2D eigenvalue weighted by Crippen LogP contribution is 2.68. The van der Waals surface area contributed by atoms with Gasteiger partial charge in [0.25, 0.3) is 0 Å². The molecule has 0 aromatic heterocycles. The number of hydrogen-bond acceptors (Lipinski definition) is 10. The van der Waals surface area contributed by atoms with Gasteiger partial charge >= 0.3 is 18.1 Å². The molecule has 10 heteroatoms. The third kappa shape index (κ3) is 4.31. The van der Waals surface area contributed by atoms with Gasteiger partial charge in [0.2, 0.25) is 0 Å². The van der Waals surface area contributed by atoms with E-state index in [2.05, 4.69) is 6.92 Å². The fourth-order valence-corrected chi connectivity index (χ4v) is 6.95. The summed E-state index contributed by atoms with van der Waals surface area (Å²) in [5, 5.41) is 12.3. The Bertz CT molecular complexity index is 1260. The maximum Gasteiger partial charge on any atom is 0.509 e. The van der Waals surface area contributed by atoms with Crippen molar-refractivity contribution in [3.8, 4) is 11.5 Å². The molecule has 1 aromatic carbocycles. The van der Waals surface area contributed by atoms with Crippen LogP contribution in [0.4, 0.5) is 4.79 Å². The topological polar surface area (TPSA) is 127 Å². The first-order valence-electron chi connectivity index (χ1n) is 13.8. The summed E-state index contributed by atoms with van der Waals surface area (Å²) in [4.78, 5) is 37.5.